The number of nitrogens with zero attached hydrogens (tertiary/aromatic N) is 2. The summed E-state index contributed by atoms with van der Waals surface area (Å²) in [6, 6.07) is 18.8. The molecule has 27 heavy (non-hydrogen) atoms. The van der Waals surface area contributed by atoms with Crippen molar-refractivity contribution in [2.45, 2.75) is 6.54 Å². The monoisotopic (exact) mass is 380 g/mol. The van der Waals surface area contributed by atoms with Gasteiger partial charge in [-0.1, -0.05) is 48.0 Å². The van der Waals surface area contributed by atoms with Gasteiger partial charge in [0.05, 0.1) is 5.02 Å². The Morgan fingerprint density at radius 2 is 1.81 bits per heavy atom. The molecule has 1 aliphatic heterocycles. The highest BCUT2D eigenvalue weighted by Crippen LogP contribution is 2.38. The number of fused-ring (bicyclic) bond motifs is 1. The van der Waals surface area contributed by atoms with Crippen molar-refractivity contribution in [3.05, 3.63) is 88.5 Å². The maximum Gasteiger partial charge on any atom is 0.279 e. The van der Waals surface area contributed by atoms with Gasteiger partial charge in [0.25, 0.3) is 5.91 Å². The average Bonchev–Trinajstić information content (AvgIpc) is 2.70. The molecule has 0 radical (unpaired) electrons. The van der Waals surface area contributed by atoms with Crippen molar-refractivity contribution in [1.82, 2.24) is 4.57 Å². The van der Waals surface area contributed by atoms with E-state index in [2.05, 4.69) is 4.99 Å². The average molecular weight is 381 g/mol. The van der Waals surface area contributed by atoms with Gasteiger partial charge in [0.2, 0.25) is 0 Å². The summed E-state index contributed by atoms with van der Waals surface area (Å²) in [7, 11) is 0. The lowest BCUT2D eigenvalue weighted by atomic mass is 10.2. The molecule has 0 spiro atoms. The van der Waals surface area contributed by atoms with E-state index in [-0.39, 0.29) is 5.91 Å². The summed E-state index contributed by atoms with van der Waals surface area (Å²) in [6.07, 6.45) is 1.90. The zero-order valence-corrected chi connectivity index (χ0v) is 15.2. The summed E-state index contributed by atoms with van der Waals surface area (Å²) in [6.45, 7) is 1.48. The Morgan fingerprint density at radius 1 is 1.04 bits per heavy atom. The zero-order valence-electron chi connectivity index (χ0n) is 14.5. The number of benzene rings is 2. The van der Waals surface area contributed by atoms with Crippen LogP contribution in [0.25, 0.3) is 0 Å². The van der Waals surface area contributed by atoms with Crippen molar-refractivity contribution in [2.24, 2.45) is 4.99 Å². The first kappa shape index (κ1) is 17.4. The Bertz CT molecular complexity index is 1040. The van der Waals surface area contributed by atoms with Gasteiger partial charge in [0.15, 0.2) is 11.5 Å². The fourth-order valence-corrected chi connectivity index (χ4v) is 3.15. The number of carbonyl (C=O) groups excluding carboxylic acids is 1. The third-order valence-corrected chi connectivity index (χ3v) is 4.45. The molecule has 0 bridgehead atoms. The number of halogens is 1. The van der Waals surface area contributed by atoms with Gasteiger partial charge < -0.3 is 14.0 Å². The van der Waals surface area contributed by atoms with Crippen molar-refractivity contribution < 1.29 is 14.3 Å². The van der Waals surface area contributed by atoms with E-state index in [1.54, 1.807) is 18.2 Å². The van der Waals surface area contributed by atoms with Gasteiger partial charge in [-0.15, -0.1) is 0 Å². The second-order valence-electron chi connectivity index (χ2n) is 6.07. The number of amides is 1. The molecule has 0 atom stereocenters. The van der Waals surface area contributed by atoms with Gasteiger partial charge in [0.1, 0.15) is 18.7 Å². The Labute approximate surface area is 161 Å². The van der Waals surface area contributed by atoms with Gasteiger partial charge in [-0.25, -0.2) is 0 Å². The number of carbonyl (C=O) groups is 1. The van der Waals surface area contributed by atoms with E-state index in [0.29, 0.717) is 47.3 Å². The predicted molar refractivity (Wildman–Crippen MR) is 102 cm³/mol. The van der Waals surface area contributed by atoms with E-state index in [0.717, 1.165) is 5.56 Å². The molecule has 2 aromatic carbocycles. The summed E-state index contributed by atoms with van der Waals surface area (Å²) in [4.78, 5) is 17.0. The molecule has 0 N–H and O–H groups in total. The molecule has 0 saturated carbocycles. The highest BCUT2D eigenvalue weighted by molar-refractivity contribution is 6.32. The Kier molecular flexibility index (Phi) is 4.94. The van der Waals surface area contributed by atoms with Crippen molar-refractivity contribution >= 4 is 17.5 Å². The van der Waals surface area contributed by atoms with Gasteiger partial charge >= 0.3 is 0 Å². The molecule has 0 saturated heterocycles. The minimum absolute atomic E-state index is 0.343. The van der Waals surface area contributed by atoms with Crippen LogP contribution < -0.4 is 15.0 Å². The molecule has 0 fully saturated rings. The lowest BCUT2D eigenvalue weighted by Crippen LogP contribution is -2.22. The van der Waals surface area contributed by atoms with Crippen LogP contribution in [0.5, 0.6) is 11.5 Å². The Morgan fingerprint density at radius 3 is 2.67 bits per heavy atom. The predicted octanol–water partition coefficient (Wildman–Crippen LogP) is 3.70. The molecule has 3 aromatic rings. The molecular formula is C21H17ClN2O3. The van der Waals surface area contributed by atoms with Crippen LogP contribution in [0.2, 0.25) is 5.02 Å². The van der Waals surface area contributed by atoms with Gasteiger partial charge in [0, 0.05) is 18.3 Å². The number of ether oxygens (including phenoxy) is 2. The van der Waals surface area contributed by atoms with Gasteiger partial charge in [-0.3, -0.25) is 4.79 Å². The van der Waals surface area contributed by atoms with Crippen LogP contribution in [0.15, 0.2) is 71.9 Å². The quantitative estimate of drug-likeness (QED) is 0.696. The molecule has 1 aliphatic rings. The van der Waals surface area contributed by atoms with Crippen molar-refractivity contribution in [3.63, 3.8) is 0 Å². The Hall–Kier alpha value is -3.05. The first-order valence-corrected chi connectivity index (χ1v) is 8.96. The zero-order chi connectivity index (χ0) is 18.6. The minimum Gasteiger partial charge on any atom is -0.486 e. The third kappa shape index (κ3) is 3.88. The van der Waals surface area contributed by atoms with E-state index < -0.39 is 0 Å². The molecule has 5 nitrogen and oxygen atoms in total. The van der Waals surface area contributed by atoms with E-state index >= 15 is 0 Å². The second kappa shape index (κ2) is 7.68. The molecule has 4 rings (SSSR count). The van der Waals surface area contributed by atoms with Crippen LogP contribution in [-0.2, 0) is 6.54 Å². The van der Waals surface area contributed by atoms with Crippen LogP contribution in [0, 0.1) is 0 Å². The highest BCUT2D eigenvalue weighted by Gasteiger charge is 2.19. The van der Waals surface area contributed by atoms with Crippen LogP contribution in [0.3, 0.4) is 0 Å². The fourth-order valence-electron chi connectivity index (χ4n) is 2.89. The third-order valence-electron chi connectivity index (χ3n) is 4.17. The SMILES string of the molecule is O=C(N=c1ccccn1Cc1ccccc1)c1cc(Cl)c2c(c1)OCCO2. The maximum absolute atomic E-state index is 12.7. The van der Waals surface area contributed by atoms with E-state index in [1.807, 2.05) is 53.2 Å². The number of aromatic nitrogens is 1. The molecule has 1 amide bonds. The molecule has 2 heterocycles. The molecular weight excluding hydrogens is 364 g/mol. The molecule has 6 heteroatoms. The van der Waals surface area contributed by atoms with Crippen LogP contribution >= 0.6 is 11.6 Å². The number of rotatable bonds is 3. The summed E-state index contributed by atoms with van der Waals surface area (Å²) >= 11 is 6.23. The smallest absolute Gasteiger partial charge is 0.279 e. The fraction of sp³-hybridized carbons (Fsp3) is 0.143. The molecule has 0 aliphatic carbocycles. The van der Waals surface area contributed by atoms with Crippen molar-refractivity contribution in [3.8, 4) is 11.5 Å². The highest BCUT2D eigenvalue weighted by atomic mass is 35.5. The summed E-state index contributed by atoms with van der Waals surface area (Å²) in [5, 5.41) is 0.343. The summed E-state index contributed by atoms with van der Waals surface area (Å²) in [5.41, 5.74) is 2.05. The van der Waals surface area contributed by atoms with E-state index in [9.17, 15) is 4.79 Å². The first-order chi connectivity index (χ1) is 13.2. The number of hydrogen-bond donors (Lipinski definition) is 0. The Balaban J connectivity index is 1.68. The topological polar surface area (TPSA) is 52.8 Å². The molecule has 1 aromatic heterocycles. The normalized spacial score (nSPS) is 13.4. The largest absolute Gasteiger partial charge is 0.486 e. The van der Waals surface area contributed by atoms with E-state index in [4.69, 9.17) is 21.1 Å². The van der Waals surface area contributed by atoms with Crippen molar-refractivity contribution in [2.75, 3.05) is 13.2 Å². The van der Waals surface area contributed by atoms with Crippen LogP contribution in [-0.4, -0.2) is 23.7 Å². The maximum atomic E-state index is 12.7. The van der Waals surface area contributed by atoms with E-state index in [1.165, 1.54) is 0 Å². The standard InChI is InChI=1S/C21H17ClN2O3/c22-17-12-16(13-18-20(17)27-11-10-26-18)21(25)23-19-8-4-5-9-24(19)14-15-6-2-1-3-7-15/h1-9,12-13H,10-11,14H2. The second-order valence-corrected chi connectivity index (χ2v) is 6.48. The van der Waals surface area contributed by atoms with Crippen LogP contribution in [0.4, 0.5) is 0 Å². The summed E-state index contributed by atoms with van der Waals surface area (Å²) in [5.74, 6) is 0.553. The minimum atomic E-state index is -0.387. The number of pyridine rings is 1. The van der Waals surface area contributed by atoms with Crippen molar-refractivity contribution in [1.29, 1.82) is 0 Å². The first-order valence-electron chi connectivity index (χ1n) is 8.58. The summed E-state index contributed by atoms with van der Waals surface area (Å²) < 4.78 is 13.0. The lowest BCUT2D eigenvalue weighted by Gasteiger charge is -2.19. The molecule has 0 unspecified atom stereocenters. The molecule has 136 valence electrons. The number of hydrogen-bond acceptors (Lipinski definition) is 3. The van der Waals surface area contributed by atoms with Crippen LogP contribution in [0.1, 0.15) is 15.9 Å². The van der Waals surface area contributed by atoms with Gasteiger partial charge in [-0.05, 0) is 29.8 Å². The van der Waals surface area contributed by atoms with Gasteiger partial charge in [-0.2, -0.15) is 4.99 Å². The lowest BCUT2D eigenvalue weighted by molar-refractivity contribution is 0.0996.